The van der Waals surface area contributed by atoms with Crippen LogP contribution in [0.3, 0.4) is 0 Å². The molecule has 1 aromatic heterocycles. The minimum Gasteiger partial charge on any atom is -0.350 e. The third-order valence-electron chi connectivity index (χ3n) is 1.99. The summed E-state index contributed by atoms with van der Waals surface area (Å²) in [4.78, 5) is 24.4. The smallest absolute Gasteiger partial charge is 0.316 e. The van der Waals surface area contributed by atoms with Gasteiger partial charge in [0.1, 0.15) is 0 Å². The van der Waals surface area contributed by atoms with E-state index in [1.165, 1.54) is 16.2 Å². The molecule has 0 saturated carbocycles. The molecule has 1 rings (SSSR count). The van der Waals surface area contributed by atoms with Crippen molar-refractivity contribution < 1.29 is 9.59 Å². The van der Waals surface area contributed by atoms with E-state index >= 15 is 0 Å². The molecule has 2 N–H and O–H groups in total. The van der Waals surface area contributed by atoms with E-state index in [1.54, 1.807) is 20.2 Å². The second-order valence-electron chi connectivity index (χ2n) is 3.62. The zero-order valence-corrected chi connectivity index (χ0v) is 13.9. The van der Waals surface area contributed by atoms with Crippen molar-refractivity contribution in [2.45, 2.75) is 0 Å². The number of amides is 3. The molecular weight excluding hydrogens is 386 g/mol. The maximum Gasteiger partial charge on any atom is 0.316 e. The Balaban J connectivity index is 2.34. The van der Waals surface area contributed by atoms with Gasteiger partial charge in [-0.05, 0) is 37.9 Å². The Labute approximate surface area is 126 Å². The lowest BCUT2D eigenvalue weighted by Crippen LogP contribution is -2.39. The number of urea groups is 1. The fourth-order valence-corrected chi connectivity index (χ4v) is 3.89. The SMILES string of the molecule is CN(C)C(=O)NCCNC(=O)c1cc(Br)sc1Br. The second-order valence-corrected chi connectivity index (χ2v) is 7.37. The van der Waals surface area contributed by atoms with Crippen LogP contribution in [0.15, 0.2) is 13.6 Å². The summed E-state index contributed by atoms with van der Waals surface area (Å²) >= 11 is 8.08. The van der Waals surface area contributed by atoms with Crippen LogP contribution in [0.2, 0.25) is 0 Å². The van der Waals surface area contributed by atoms with Gasteiger partial charge < -0.3 is 15.5 Å². The molecule has 0 spiro atoms. The highest BCUT2D eigenvalue weighted by Crippen LogP contribution is 2.31. The number of carbonyl (C=O) groups excluding carboxylic acids is 2. The van der Waals surface area contributed by atoms with Gasteiger partial charge in [-0.25, -0.2) is 4.79 Å². The fourth-order valence-electron chi connectivity index (χ4n) is 1.09. The molecule has 5 nitrogen and oxygen atoms in total. The molecule has 0 aliphatic rings. The largest absolute Gasteiger partial charge is 0.350 e. The fraction of sp³-hybridized carbons (Fsp3) is 0.400. The predicted molar refractivity (Wildman–Crippen MR) is 79.1 cm³/mol. The van der Waals surface area contributed by atoms with Crippen LogP contribution in [0.5, 0.6) is 0 Å². The first kappa shape index (κ1) is 15.5. The van der Waals surface area contributed by atoms with Crippen LogP contribution in [0.4, 0.5) is 4.79 Å². The third kappa shape index (κ3) is 4.58. The molecule has 0 saturated heterocycles. The molecule has 18 heavy (non-hydrogen) atoms. The van der Waals surface area contributed by atoms with Crippen molar-refractivity contribution in [3.63, 3.8) is 0 Å². The van der Waals surface area contributed by atoms with E-state index in [0.717, 1.165) is 7.57 Å². The lowest BCUT2D eigenvalue weighted by Gasteiger charge is -2.12. The molecule has 1 aromatic rings. The van der Waals surface area contributed by atoms with E-state index in [0.29, 0.717) is 18.7 Å². The summed E-state index contributed by atoms with van der Waals surface area (Å²) < 4.78 is 1.67. The third-order valence-corrected chi connectivity index (χ3v) is 4.33. The average Bonchev–Trinajstić information content (AvgIpc) is 2.63. The van der Waals surface area contributed by atoms with Crippen molar-refractivity contribution in [2.75, 3.05) is 27.2 Å². The molecule has 0 aliphatic heterocycles. The Hall–Kier alpha value is -0.600. The topological polar surface area (TPSA) is 61.4 Å². The zero-order valence-electron chi connectivity index (χ0n) is 9.92. The Morgan fingerprint density at radius 3 is 2.39 bits per heavy atom. The molecule has 0 aliphatic carbocycles. The maximum absolute atomic E-state index is 11.8. The van der Waals surface area contributed by atoms with Crippen LogP contribution in [-0.4, -0.2) is 44.0 Å². The average molecular weight is 399 g/mol. The van der Waals surface area contributed by atoms with Crippen LogP contribution in [0, 0.1) is 0 Å². The highest BCUT2D eigenvalue weighted by atomic mass is 79.9. The maximum atomic E-state index is 11.8. The van der Waals surface area contributed by atoms with Gasteiger partial charge in [0.15, 0.2) is 0 Å². The van der Waals surface area contributed by atoms with Crippen LogP contribution < -0.4 is 10.6 Å². The van der Waals surface area contributed by atoms with Crippen molar-refractivity contribution in [2.24, 2.45) is 0 Å². The van der Waals surface area contributed by atoms with Gasteiger partial charge in [0.2, 0.25) is 0 Å². The van der Waals surface area contributed by atoms with Crippen molar-refractivity contribution in [3.8, 4) is 0 Å². The number of hydrogen-bond acceptors (Lipinski definition) is 3. The van der Waals surface area contributed by atoms with E-state index in [2.05, 4.69) is 42.5 Å². The van der Waals surface area contributed by atoms with Gasteiger partial charge in [0.05, 0.1) is 13.1 Å². The standard InChI is InChI=1S/C10H13Br2N3O2S/c1-15(2)10(17)14-4-3-13-9(16)6-5-7(11)18-8(6)12/h5H,3-4H2,1-2H3,(H,13,16)(H,14,17). The van der Waals surface area contributed by atoms with Crippen LogP contribution in [-0.2, 0) is 0 Å². The van der Waals surface area contributed by atoms with E-state index < -0.39 is 0 Å². The number of halogens is 2. The normalized spacial score (nSPS) is 10.0. The second kappa shape index (κ2) is 7.10. The van der Waals surface area contributed by atoms with Gasteiger partial charge >= 0.3 is 6.03 Å². The lowest BCUT2D eigenvalue weighted by atomic mass is 10.3. The minimum atomic E-state index is -0.177. The number of rotatable bonds is 4. The Bertz CT molecular complexity index is 448. The molecule has 0 fully saturated rings. The quantitative estimate of drug-likeness (QED) is 0.764. The molecule has 0 atom stereocenters. The van der Waals surface area contributed by atoms with Crippen molar-refractivity contribution in [3.05, 3.63) is 19.2 Å². The van der Waals surface area contributed by atoms with Gasteiger partial charge in [0, 0.05) is 27.2 Å². The summed E-state index contributed by atoms with van der Waals surface area (Å²) in [6, 6.07) is 1.58. The van der Waals surface area contributed by atoms with Gasteiger partial charge in [0.25, 0.3) is 5.91 Å². The highest BCUT2D eigenvalue weighted by Gasteiger charge is 2.13. The Kier molecular flexibility index (Phi) is 6.10. The zero-order chi connectivity index (χ0) is 13.7. The predicted octanol–water partition coefficient (Wildman–Crippen LogP) is 2.27. The molecule has 100 valence electrons. The van der Waals surface area contributed by atoms with Crippen LogP contribution in [0.25, 0.3) is 0 Å². The summed E-state index contributed by atoms with van der Waals surface area (Å²) in [5.41, 5.74) is 0.589. The molecule has 8 heteroatoms. The Morgan fingerprint density at radius 2 is 1.89 bits per heavy atom. The summed E-state index contributed by atoms with van der Waals surface area (Å²) in [5.74, 6) is -0.164. The highest BCUT2D eigenvalue weighted by molar-refractivity contribution is 9.12. The van der Waals surface area contributed by atoms with E-state index in [-0.39, 0.29) is 11.9 Å². The van der Waals surface area contributed by atoms with Crippen molar-refractivity contribution >= 4 is 55.1 Å². The molecule has 1 heterocycles. The van der Waals surface area contributed by atoms with E-state index in [9.17, 15) is 9.59 Å². The number of thiophene rings is 1. The van der Waals surface area contributed by atoms with Crippen molar-refractivity contribution in [1.82, 2.24) is 15.5 Å². The van der Waals surface area contributed by atoms with Gasteiger partial charge in [-0.3, -0.25) is 4.79 Å². The summed E-state index contributed by atoms with van der Waals surface area (Å²) in [7, 11) is 3.32. The summed E-state index contributed by atoms with van der Waals surface area (Å²) in [6.45, 7) is 0.782. The first-order valence-corrected chi connectivity index (χ1v) is 7.50. The number of nitrogens with zero attached hydrogens (tertiary/aromatic N) is 1. The first-order chi connectivity index (χ1) is 8.41. The van der Waals surface area contributed by atoms with Gasteiger partial charge in [-0.2, -0.15) is 0 Å². The Morgan fingerprint density at radius 1 is 1.28 bits per heavy atom. The molecule has 0 radical (unpaired) electrons. The number of carbonyl (C=O) groups is 2. The monoisotopic (exact) mass is 397 g/mol. The molecule has 0 bridgehead atoms. The lowest BCUT2D eigenvalue weighted by molar-refractivity contribution is 0.0953. The van der Waals surface area contributed by atoms with Crippen LogP contribution in [0.1, 0.15) is 10.4 Å². The van der Waals surface area contributed by atoms with Gasteiger partial charge in [-0.1, -0.05) is 0 Å². The first-order valence-electron chi connectivity index (χ1n) is 5.10. The van der Waals surface area contributed by atoms with Crippen LogP contribution >= 0.6 is 43.2 Å². The number of hydrogen-bond donors (Lipinski definition) is 2. The molecule has 0 aromatic carbocycles. The molecule has 3 amide bonds. The van der Waals surface area contributed by atoms with E-state index in [1.807, 2.05) is 0 Å². The summed E-state index contributed by atoms with van der Waals surface area (Å²) in [5, 5.41) is 5.39. The molecular formula is C10H13Br2N3O2S. The molecule has 0 unspecified atom stereocenters. The minimum absolute atomic E-state index is 0.164. The van der Waals surface area contributed by atoms with Gasteiger partial charge in [-0.15, -0.1) is 11.3 Å². The van der Waals surface area contributed by atoms with Crippen molar-refractivity contribution in [1.29, 1.82) is 0 Å². The number of nitrogens with one attached hydrogen (secondary N) is 2. The summed E-state index contributed by atoms with van der Waals surface area (Å²) in [6.07, 6.45) is 0. The van der Waals surface area contributed by atoms with E-state index in [4.69, 9.17) is 0 Å².